The van der Waals surface area contributed by atoms with Crippen LogP contribution >= 0.6 is 0 Å². The summed E-state index contributed by atoms with van der Waals surface area (Å²) in [7, 11) is -1.37. The zero-order valence-corrected chi connectivity index (χ0v) is 13.0. The van der Waals surface area contributed by atoms with Gasteiger partial charge < -0.3 is 24.4 Å². The summed E-state index contributed by atoms with van der Waals surface area (Å²) in [6.45, 7) is 1.95. The van der Waals surface area contributed by atoms with E-state index < -0.39 is 46.9 Å². The number of benzene rings is 1. The standard InChI is InChI=1S/C15H20O6S/c1-2-22(18)15-12(17)11(16)13-10(20-15)8-19-14(21-13)9-6-4-3-5-7-9/h3-7,10-17H,2,8H2,1H3/t10-,11-,12-,13-,14?,15+,22?/m1/s1. The van der Waals surface area contributed by atoms with Crippen LogP contribution in [0.25, 0.3) is 0 Å². The summed E-state index contributed by atoms with van der Waals surface area (Å²) in [5.74, 6) is 0.347. The van der Waals surface area contributed by atoms with Crippen molar-refractivity contribution >= 4 is 10.8 Å². The van der Waals surface area contributed by atoms with Gasteiger partial charge in [-0.1, -0.05) is 37.3 Å². The van der Waals surface area contributed by atoms with Gasteiger partial charge in [0.15, 0.2) is 11.7 Å². The fourth-order valence-corrected chi connectivity index (χ4v) is 3.81. The van der Waals surface area contributed by atoms with Gasteiger partial charge >= 0.3 is 0 Å². The molecule has 22 heavy (non-hydrogen) atoms. The quantitative estimate of drug-likeness (QED) is 0.831. The topological polar surface area (TPSA) is 85.2 Å². The number of hydrogen-bond acceptors (Lipinski definition) is 6. The molecule has 0 saturated carbocycles. The van der Waals surface area contributed by atoms with E-state index in [9.17, 15) is 14.4 Å². The molecule has 1 aromatic carbocycles. The third-order valence-corrected chi connectivity index (χ3v) is 5.43. The van der Waals surface area contributed by atoms with E-state index in [4.69, 9.17) is 14.2 Å². The van der Waals surface area contributed by atoms with Crippen LogP contribution in [-0.2, 0) is 25.0 Å². The largest absolute Gasteiger partial charge is 0.387 e. The van der Waals surface area contributed by atoms with Crippen LogP contribution in [0.1, 0.15) is 18.8 Å². The lowest BCUT2D eigenvalue weighted by Gasteiger charge is -2.46. The molecule has 2 fully saturated rings. The second-order valence-electron chi connectivity index (χ2n) is 5.37. The zero-order chi connectivity index (χ0) is 15.7. The van der Waals surface area contributed by atoms with Crippen molar-refractivity contribution in [2.75, 3.05) is 12.4 Å². The molecule has 1 aromatic rings. The monoisotopic (exact) mass is 328 g/mol. The van der Waals surface area contributed by atoms with Crippen LogP contribution in [0.15, 0.2) is 30.3 Å². The smallest absolute Gasteiger partial charge is 0.184 e. The van der Waals surface area contributed by atoms with Crippen LogP contribution in [0.4, 0.5) is 0 Å². The average Bonchev–Trinajstić information content (AvgIpc) is 2.58. The second kappa shape index (κ2) is 6.74. The summed E-state index contributed by atoms with van der Waals surface area (Å²) in [5.41, 5.74) is -0.0800. The fourth-order valence-electron chi connectivity index (χ4n) is 2.74. The Labute approximate surface area is 131 Å². The molecule has 2 N–H and O–H groups in total. The Balaban J connectivity index is 1.74. The lowest BCUT2D eigenvalue weighted by atomic mass is 9.99. The maximum Gasteiger partial charge on any atom is 0.184 e. The van der Waals surface area contributed by atoms with Gasteiger partial charge in [0.25, 0.3) is 0 Å². The maximum absolute atomic E-state index is 11.9. The molecule has 0 bridgehead atoms. The molecule has 2 aliphatic rings. The Morgan fingerprint density at radius 3 is 2.59 bits per heavy atom. The van der Waals surface area contributed by atoms with Gasteiger partial charge in [0.2, 0.25) is 0 Å². The summed E-state index contributed by atoms with van der Waals surface area (Å²) >= 11 is 0. The molecule has 0 aliphatic carbocycles. The number of aliphatic hydroxyl groups excluding tert-OH is 2. The van der Waals surface area contributed by atoms with Gasteiger partial charge in [-0.25, -0.2) is 0 Å². The number of hydrogen-bond donors (Lipinski definition) is 2. The summed E-state index contributed by atoms with van der Waals surface area (Å²) in [6, 6.07) is 9.37. The van der Waals surface area contributed by atoms with E-state index in [-0.39, 0.29) is 6.61 Å². The minimum atomic E-state index is -1.37. The van der Waals surface area contributed by atoms with Gasteiger partial charge in [-0.15, -0.1) is 0 Å². The molecule has 7 atom stereocenters. The van der Waals surface area contributed by atoms with Crippen LogP contribution in [-0.4, -0.2) is 56.6 Å². The van der Waals surface area contributed by atoms with Crippen LogP contribution in [0, 0.1) is 0 Å². The first kappa shape index (κ1) is 16.0. The molecular weight excluding hydrogens is 308 g/mol. The fraction of sp³-hybridized carbons (Fsp3) is 0.600. The van der Waals surface area contributed by atoms with Crippen molar-refractivity contribution in [2.24, 2.45) is 0 Å². The van der Waals surface area contributed by atoms with Crippen LogP contribution in [0.5, 0.6) is 0 Å². The van der Waals surface area contributed by atoms with Crippen molar-refractivity contribution in [2.45, 2.75) is 43.1 Å². The predicted octanol–water partition coefficient (Wildman–Crippen LogP) is 0.316. The Bertz CT molecular complexity index is 522. The Kier molecular flexibility index (Phi) is 4.91. The lowest BCUT2D eigenvalue weighted by molar-refractivity contribution is -0.318. The first-order valence-corrected chi connectivity index (χ1v) is 8.70. The molecule has 0 radical (unpaired) electrons. The van der Waals surface area contributed by atoms with Crippen LogP contribution < -0.4 is 0 Å². The van der Waals surface area contributed by atoms with E-state index in [0.29, 0.717) is 5.75 Å². The molecule has 7 heteroatoms. The zero-order valence-electron chi connectivity index (χ0n) is 12.2. The summed E-state index contributed by atoms with van der Waals surface area (Å²) in [4.78, 5) is 0. The van der Waals surface area contributed by atoms with Gasteiger partial charge in [0, 0.05) is 11.3 Å². The second-order valence-corrected chi connectivity index (χ2v) is 7.17. The third kappa shape index (κ3) is 2.97. The molecule has 0 aromatic heterocycles. The van der Waals surface area contributed by atoms with Crippen LogP contribution in [0.2, 0.25) is 0 Å². The summed E-state index contributed by atoms with van der Waals surface area (Å²) < 4.78 is 29.0. The van der Waals surface area contributed by atoms with Crippen molar-refractivity contribution in [3.05, 3.63) is 35.9 Å². The summed E-state index contributed by atoms with van der Waals surface area (Å²) in [5, 5.41) is 20.5. The summed E-state index contributed by atoms with van der Waals surface area (Å²) in [6.07, 6.45) is -4.26. The highest BCUT2D eigenvalue weighted by Crippen LogP contribution is 2.34. The van der Waals surface area contributed by atoms with E-state index in [1.165, 1.54) is 0 Å². The highest BCUT2D eigenvalue weighted by Gasteiger charge is 2.50. The average molecular weight is 328 g/mol. The van der Waals surface area contributed by atoms with Gasteiger partial charge in [-0.3, -0.25) is 4.21 Å². The SMILES string of the molecule is CCS(=O)[C@@H]1O[C@@H]2COC(c3ccccc3)O[C@H]2[C@H](O)[C@H]1O. The van der Waals surface area contributed by atoms with E-state index >= 15 is 0 Å². The minimum absolute atomic E-state index is 0.214. The van der Waals surface area contributed by atoms with E-state index in [2.05, 4.69) is 0 Å². The highest BCUT2D eigenvalue weighted by molar-refractivity contribution is 7.85. The highest BCUT2D eigenvalue weighted by atomic mass is 32.2. The maximum atomic E-state index is 11.9. The van der Waals surface area contributed by atoms with Gasteiger partial charge in [-0.2, -0.15) is 0 Å². The van der Waals surface area contributed by atoms with Gasteiger partial charge in [0.1, 0.15) is 24.4 Å². The number of ether oxygens (including phenoxy) is 3. The molecule has 6 nitrogen and oxygen atoms in total. The first-order valence-electron chi connectivity index (χ1n) is 7.32. The number of rotatable bonds is 3. The third-order valence-electron chi connectivity index (χ3n) is 3.95. The van der Waals surface area contributed by atoms with E-state index in [0.717, 1.165) is 5.56 Å². The van der Waals surface area contributed by atoms with E-state index in [1.807, 2.05) is 30.3 Å². The molecule has 122 valence electrons. The molecule has 0 spiro atoms. The molecule has 2 heterocycles. The molecular formula is C15H20O6S. The molecule has 2 saturated heterocycles. The normalized spacial score (nSPS) is 40.0. The van der Waals surface area contributed by atoms with Crippen molar-refractivity contribution in [1.29, 1.82) is 0 Å². The Morgan fingerprint density at radius 1 is 1.18 bits per heavy atom. The molecule has 2 aliphatic heterocycles. The molecule has 0 amide bonds. The Morgan fingerprint density at radius 2 is 1.91 bits per heavy atom. The van der Waals surface area contributed by atoms with Crippen molar-refractivity contribution in [3.8, 4) is 0 Å². The van der Waals surface area contributed by atoms with Crippen molar-refractivity contribution in [1.82, 2.24) is 0 Å². The van der Waals surface area contributed by atoms with E-state index in [1.54, 1.807) is 6.92 Å². The predicted molar refractivity (Wildman–Crippen MR) is 79.4 cm³/mol. The Hall–Kier alpha value is -0.830. The minimum Gasteiger partial charge on any atom is -0.387 e. The molecule has 2 unspecified atom stereocenters. The van der Waals surface area contributed by atoms with Crippen molar-refractivity contribution < 1.29 is 28.6 Å². The van der Waals surface area contributed by atoms with Crippen molar-refractivity contribution in [3.63, 3.8) is 0 Å². The van der Waals surface area contributed by atoms with Crippen LogP contribution in [0.3, 0.4) is 0 Å². The van der Waals surface area contributed by atoms with Gasteiger partial charge in [-0.05, 0) is 0 Å². The van der Waals surface area contributed by atoms with Gasteiger partial charge in [0.05, 0.1) is 17.4 Å². The number of fused-ring (bicyclic) bond motifs is 1. The first-order chi connectivity index (χ1) is 10.6. The lowest BCUT2D eigenvalue weighted by Crippen LogP contribution is -2.62. The number of aliphatic hydroxyl groups is 2. The molecule has 3 rings (SSSR count).